The molecule has 0 aliphatic heterocycles. The van der Waals surface area contributed by atoms with Gasteiger partial charge in [0.25, 0.3) is 0 Å². The minimum atomic E-state index is -0.541. The Bertz CT molecular complexity index is 404. The van der Waals surface area contributed by atoms with Crippen molar-refractivity contribution in [3.05, 3.63) is 20.9 Å². The van der Waals surface area contributed by atoms with Gasteiger partial charge in [0.15, 0.2) is 5.82 Å². The second-order valence-corrected chi connectivity index (χ2v) is 5.64. The van der Waals surface area contributed by atoms with E-state index in [9.17, 15) is 4.79 Å². The molecule has 1 aromatic heterocycles. The summed E-state index contributed by atoms with van der Waals surface area (Å²) in [4.78, 5) is 15.5. The van der Waals surface area contributed by atoms with Crippen LogP contribution in [0.25, 0.3) is 0 Å². The van der Waals surface area contributed by atoms with E-state index in [1.54, 1.807) is 32.9 Å². The molecule has 1 rings (SSSR count). The maximum Gasteiger partial charge on any atom is 0.413 e. The van der Waals surface area contributed by atoms with Crippen molar-refractivity contribution in [2.45, 2.75) is 26.4 Å². The average molecular weight is 355 g/mol. The average Bonchev–Trinajstić information content (AvgIpc) is 2.08. The van der Waals surface area contributed by atoms with Gasteiger partial charge in [0.2, 0.25) is 0 Å². The number of nitrogens with zero attached hydrogens (tertiary/aromatic N) is 1. The van der Waals surface area contributed by atoms with E-state index in [4.69, 9.17) is 16.3 Å². The third-order valence-electron chi connectivity index (χ3n) is 1.43. The predicted octanol–water partition coefficient (Wildman–Crippen LogP) is 3.69. The molecule has 0 saturated carbocycles. The summed E-state index contributed by atoms with van der Waals surface area (Å²) in [6.45, 7) is 5.38. The van der Waals surface area contributed by atoms with E-state index in [1.807, 2.05) is 0 Å². The normalized spacial score (nSPS) is 11.1. The molecule has 0 atom stereocenters. The van der Waals surface area contributed by atoms with Crippen LogP contribution >= 0.6 is 34.2 Å². The molecule has 16 heavy (non-hydrogen) atoms. The highest BCUT2D eigenvalue weighted by atomic mass is 127. The molecule has 0 fully saturated rings. The fourth-order valence-electron chi connectivity index (χ4n) is 0.906. The zero-order chi connectivity index (χ0) is 12.3. The first-order valence-electron chi connectivity index (χ1n) is 4.60. The Morgan fingerprint density at radius 3 is 2.69 bits per heavy atom. The lowest BCUT2D eigenvalue weighted by Crippen LogP contribution is -2.27. The van der Waals surface area contributed by atoms with Gasteiger partial charge < -0.3 is 4.74 Å². The van der Waals surface area contributed by atoms with E-state index in [2.05, 4.69) is 32.9 Å². The summed E-state index contributed by atoms with van der Waals surface area (Å²) < 4.78 is 5.90. The van der Waals surface area contributed by atoms with Crippen molar-refractivity contribution in [2.24, 2.45) is 0 Å². The van der Waals surface area contributed by atoms with E-state index < -0.39 is 11.7 Å². The van der Waals surface area contributed by atoms with Crippen LogP contribution in [0.1, 0.15) is 20.8 Å². The van der Waals surface area contributed by atoms with Crippen LogP contribution in [-0.4, -0.2) is 16.7 Å². The van der Waals surface area contributed by atoms with E-state index in [-0.39, 0.29) is 0 Å². The summed E-state index contributed by atoms with van der Waals surface area (Å²) >= 11 is 7.78. The molecule has 0 saturated heterocycles. The van der Waals surface area contributed by atoms with Crippen LogP contribution in [0.2, 0.25) is 5.15 Å². The molecule has 6 heteroatoms. The Labute approximate surface area is 113 Å². The number of ether oxygens (including phenoxy) is 1. The first-order valence-corrected chi connectivity index (χ1v) is 6.05. The second kappa shape index (κ2) is 5.18. The van der Waals surface area contributed by atoms with Gasteiger partial charge in [0.1, 0.15) is 10.8 Å². The smallest absolute Gasteiger partial charge is 0.413 e. The fraction of sp³-hybridized carbons (Fsp3) is 0.400. The third-order valence-corrected chi connectivity index (χ3v) is 2.51. The Balaban J connectivity index is 2.73. The maximum absolute atomic E-state index is 11.5. The molecule has 0 spiro atoms. The minimum absolute atomic E-state index is 0.325. The van der Waals surface area contributed by atoms with E-state index in [0.717, 1.165) is 3.57 Å². The Morgan fingerprint density at radius 1 is 1.50 bits per heavy atom. The number of carbonyl (C=O) groups is 1. The lowest BCUT2D eigenvalue weighted by molar-refractivity contribution is 0.0635. The van der Waals surface area contributed by atoms with E-state index in [1.165, 1.54) is 0 Å². The molecule has 0 radical (unpaired) electrons. The topological polar surface area (TPSA) is 51.2 Å². The summed E-state index contributed by atoms with van der Waals surface area (Å²) in [5, 5.41) is 2.87. The third kappa shape index (κ3) is 4.52. The summed E-state index contributed by atoms with van der Waals surface area (Å²) in [6, 6.07) is 3.42. The summed E-state index contributed by atoms with van der Waals surface area (Å²) in [7, 11) is 0. The van der Waals surface area contributed by atoms with Crippen molar-refractivity contribution < 1.29 is 9.53 Å². The lowest BCUT2D eigenvalue weighted by atomic mass is 10.2. The molecule has 0 bridgehead atoms. The van der Waals surface area contributed by atoms with Gasteiger partial charge in [0, 0.05) is 0 Å². The van der Waals surface area contributed by atoms with Crippen LogP contribution in [0, 0.1) is 3.57 Å². The first-order chi connectivity index (χ1) is 7.28. The van der Waals surface area contributed by atoms with Crippen molar-refractivity contribution in [1.82, 2.24) is 4.98 Å². The predicted molar refractivity (Wildman–Crippen MR) is 71.8 cm³/mol. The van der Waals surface area contributed by atoms with Gasteiger partial charge in [-0.05, 0) is 55.5 Å². The molecular formula is C10H12ClIN2O2. The van der Waals surface area contributed by atoms with Crippen molar-refractivity contribution in [1.29, 1.82) is 0 Å². The van der Waals surface area contributed by atoms with Gasteiger partial charge in [-0.15, -0.1) is 0 Å². The number of pyridine rings is 1. The molecule has 88 valence electrons. The quantitative estimate of drug-likeness (QED) is 0.618. The molecule has 0 aliphatic carbocycles. The SMILES string of the molecule is CC(C)(C)OC(=O)Nc1nc(Cl)ccc1I. The first kappa shape index (κ1) is 13.5. The van der Waals surface area contributed by atoms with Crippen LogP contribution in [0.3, 0.4) is 0 Å². The molecule has 0 unspecified atom stereocenters. The Morgan fingerprint density at radius 2 is 2.12 bits per heavy atom. The van der Waals surface area contributed by atoms with E-state index >= 15 is 0 Å². The molecule has 1 N–H and O–H groups in total. The van der Waals surface area contributed by atoms with Crippen LogP contribution in [0.4, 0.5) is 10.6 Å². The summed E-state index contributed by atoms with van der Waals surface area (Å²) in [5.41, 5.74) is -0.534. The van der Waals surface area contributed by atoms with Gasteiger partial charge >= 0.3 is 6.09 Å². The molecule has 0 aromatic carbocycles. The van der Waals surface area contributed by atoms with Gasteiger partial charge in [-0.1, -0.05) is 11.6 Å². The number of aromatic nitrogens is 1. The monoisotopic (exact) mass is 354 g/mol. The zero-order valence-electron chi connectivity index (χ0n) is 9.17. The molecule has 4 nitrogen and oxygen atoms in total. The molecule has 1 heterocycles. The lowest BCUT2D eigenvalue weighted by Gasteiger charge is -2.19. The highest BCUT2D eigenvalue weighted by Crippen LogP contribution is 2.19. The highest BCUT2D eigenvalue weighted by Gasteiger charge is 2.17. The van der Waals surface area contributed by atoms with Crippen LogP contribution in [-0.2, 0) is 4.74 Å². The van der Waals surface area contributed by atoms with Crippen LogP contribution in [0.15, 0.2) is 12.1 Å². The minimum Gasteiger partial charge on any atom is -0.444 e. The van der Waals surface area contributed by atoms with Gasteiger partial charge in [-0.25, -0.2) is 9.78 Å². The largest absolute Gasteiger partial charge is 0.444 e. The molecule has 1 amide bonds. The van der Waals surface area contributed by atoms with Gasteiger partial charge in [-0.3, -0.25) is 5.32 Å². The number of carbonyl (C=O) groups excluding carboxylic acids is 1. The summed E-state index contributed by atoms with van der Waals surface area (Å²) in [6.07, 6.45) is -0.541. The number of halogens is 2. The number of anilines is 1. The van der Waals surface area contributed by atoms with Crippen molar-refractivity contribution in [2.75, 3.05) is 5.32 Å². The van der Waals surface area contributed by atoms with Crippen molar-refractivity contribution in [3.63, 3.8) is 0 Å². The van der Waals surface area contributed by atoms with Gasteiger partial charge in [-0.2, -0.15) is 0 Å². The maximum atomic E-state index is 11.5. The second-order valence-electron chi connectivity index (χ2n) is 4.09. The summed E-state index contributed by atoms with van der Waals surface area (Å²) in [5.74, 6) is 0.405. The highest BCUT2D eigenvalue weighted by molar-refractivity contribution is 14.1. The molecule has 0 aliphatic rings. The molecular weight excluding hydrogens is 342 g/mol. The number of rotatable bonds is 1. The van der Waals surface area contributed by atoms with Gasteiger partial charge in [0.05, 0.1) is 3.57 Å². The Hall–Kier alpha value is -0.560. The molecule has 1 aromatic rings. The number of amides is 1. The van der Waals surface area contributed by atoms with Crippen LogP contribution < -0.4 is 5.32 Å². The van der Waals surface area contributed by atoms with Crippen molar-refractivity contribution >= 4 is 46.1 Å². The zero-order valence-corrected chi connectivity index (χ0v) is 12.1. The number of nitrogens with one attached hydrogen (secondary N) is 1. The fourth-order valence-corrected chi connectivity index (χ4v) is 1.49. The Kier molecular flexibility index (Phi) is 4.37. The number of hydrogen-bond donors (Lipinski definition) is 1. The standard InChI is InChI=1S/C10H12ClIN2O2/c1-10(2,3)16-9(15)14-8-6(12)4-5-7(11)13-8/h4-5H,1-3H3,(H,13,14,15). The number of hydrogen-bond acceptors (Lipinski definition) is 3. The van der Waals surface area contributed by atoms with Crippen molar-refractivity contribution in [3.8, 4) is 0 Å². The van der Waals surface area contributed by atoms with Crippen LogP contribution in [0.5, 0.6) is 0 Å². The van der Waals surface area contributed by atoms with E-state index in [0.29, 0.717) is 11.0 Å².